The molecule has 1 aliphatic heterocycles. The van der Waals surface area contributed by atoms with Gasteiger partial charge in [-0.1, -0.05) is 11.6 Å². The lowest BCUT2D eigenvalue weighted by molar-refractivity contribution is -0.137. The molecule has 22 heavy (non-hydrogen) atoms. The van der Waals surface area contributed by atoms with E-state index in [1.165, 1.54) is 6.07 Å². The van der Waals surface area contributed by atoms with Crippen molar-refractivity contribution in [3.05, 3.63) is 34.3 Å². The number of benzene rings is 1. The molecular weight excluding hydrogens is 367 g/mol. The zero-order valence-electron chi connectivity index (χ0n) is 11.5. The molecule has 2 nitrogen and oxygen atoms in total. The highest BCUT2D eigenvalue weighted by atomic mass is 35.5. The summed E-state index contributed by atoms with van der Waals surface area (Å²) < 4.78 is 51.6. The SMILES string of the molecule is Cl.Cl.FC[C@H](c1cc(Cl)cc(C(F)(F)F)c1)N1CCNCC1. The van der Waals surface area contributed by atoms with Crippen molar-refractivity contribution >= 4 is 36.4 Å². The van der Waals surface area contributed by atoms with Gasteiger partial charge >= 0.3 is 6.18 Å². The molecule has 0 aromatic heterocycles. The van der Waals surface area contributed by atoms with E-state index in [0.717, 1.165) is 12.1 Å². The second-order valence-corrected chi connectivity index (χ2v) is 5.16. The molecule has 1 saturated heterocycles. The Morgan fingerprint density at radius 3 is 2.23 bits per heavy atom. The Morgan fingerprint density at radius 2 is 1.73 bits per heavy atom. The van der Waals surface area contributed by atoms with Crippen molar-refractivity contribution in [2.45, 2.75) is 12.2 Å². The van der Waals surface area contributed by atoms with E-state index in [4.69, 9.17) is 11.6 Å². The van der Waals surface area contributed by atoms with Gasteiger partial charge in [0, 0.05) is 31.2 Å². The van der Waals surface area contributed by atoms with Crippen LogP contribution < -0.4 is 5.32 Å². The van der Waals surface area contributed by atoms with Crippen LogP contribution in [0.25, 0.3) is 0 Å². The minimum atomic E-state index is -4.48. The quantitative estimate of drug-likeness (QED) is 0.790. The third kappa shape index (κ3) is 5.42. The van der Waals surface area contributed by atoms with Gasteiger partial charge in [0.25, 0.3) is 0 Å². The first-order valence-electron chi connectivity index (χ1n) is 6.30. The second kappa shape index (κ2) is 9.13. The van der Waals surface area contributed by atoms with Crippen molar-refractivity contribution in [3.63, 3.8) is 0 Å². The molecule has 128 valence electrons. The van der Waals surface area contributed by atoms with Crippen LogP contribution in [0, 0.1) is 0 Å². The van der Waals surface area contributed by atoms with Crippen molar-refractivity contribution in [3.8, 4) is 0 Å². The van der Waals surface area contributed by atoms with Gasteiger partial charge in [-0.3, -0.25) is 4.90 Å². The number of hydrogen-bond acceptors (Lipinski definition) is 2. The van der Waals surface area contributed by atoms with Gasteiger partial charge in [-0.2, -0.15) is 13.2 Å². The Balaban J connectivity index is 0.00000220. The summed E-state index contributed by atoms with van der Waals surface area (Å²) in [5.41, 5.74) is -0.567. The van der Waals surface area contributed by atoms with Crippen LogP contribution in [0.5, 0.6) is 0 Å². The van der Waals surface area contributed by atoms with Crippen molar-refractivity contribution < 1.29 is 17.6 Å². The number of halogens is 7. The Bertz CT molecular complexity index is 465. The Kier molecular flexibility index (Phi) is 9.02. The first-order chi connectivity index (χ1) is 9.41. The average molecular weight is 384 g/mol. The number of piperazine rings is 1. The smallest absolute Gasteiger partial charge is 0.314 e. The Labute approximate surface area is 144 Å². The summed E-state index contributed by atoms with van der Waals surface area (Å²) in [4.78, 5) is 1.84. The zero-order valence-corrected chi connectivity index (χ0v) is 13.9. The average Bonchev–Trinajstić information content (AvgIpc) is 2.39. The van der Waals surface area contributed by atoms with Gasteiger partial charge in [-0.05, 0) is 23.8 Å². The van der Waals surface area contributed by atoms with Crippen molar-refractivity contribution in [2.75, 3.05) is 32.9 Å². The molecule has 0 radical (unpaired) electrons. The standard InChI is InChI=1S/C13H15ClF4N2.2ClH/c14-11-6-9(5-10(7-11)13(16,17)18)12(8-15)20-3-1-19-2-4-20;;/h5-7,12,19H,1-4,8H2;2*1H/t12-;;/m1../s1. The summed E-state index contributed by atoms with van der Waals surface area (Å²) in [6.07, 6.45) is -4.48. The molecular formula is C13H17Cl3F4N2. The van der Waals surface area contributed by atoms with E-state index in [0.29, 0.717) is 26.2 Å². The lowest BCUT2D eigenvalue weighted by Gasteiger charge is -2.34. The molecule has 2 rings (SSSR count). The molecule has 1 aliphatic rings. The summed E-state index contributed by atoms with van der Waals surface area (Å²) in [6.45, 7) is 1.86. The van der Waals surface area contributed by atoms with E-state index in [2.05, 4.69) is 5.32 Å². The number of rotatable bonds is 3. The molecule has 9 heteroatoms. The van der Waals surface area contributed by atoms with E-state index in [1.807, 2.05) is 4.90 Å². The highest BCUT2D eigenvalue weighted by molar-refractivity contribution is 6.30. The maximum atomic E-state index is 13.3. The summed E-state index contributed by atoms with van der Waals surface area (Å²) in [7, 11) is 0. The van der Waals surface area contributed by atoms with E-state index in [-0.39, 0.29) is 35.4 Å². The van der Waals surface area contributed by atoms with Gasteiger partial charge in [-0.25, -0.2) is 4.39 Å². The summed E-state index contributed by atoms with van der Waals surface area (Å²) >= 11 is 5.74. The van der Waals surface area contributed by atoms with Crippen LogP contribution in [0.2, 0.25) is 5.02 Å². The third-order valence-corrected chi connectivity index (χ3v) is 3.59. The number of nitrogens with one attached hydrogen (secondary N) is 1. The summed E-state index contributed by atoms with van der Waals surface area (Å²) in [5.74, 6) is 0. The number of hydrogen-bond donors (Lipinski definition) is 1. The predicted molar refractivity (Wildman–Crippen MR) is 84.1 cm³/mol. The Morgan fingerprint density at radius 1 is 1.14 bits per heavy atom. The minimum absolute atomic E-state index is 0. The molecule has 1 atom stereocenters. The maximum absolute atomic E-state index is 13.3. The van der Waals surface area contributed by atoms with Crippen LogP contribution in [0.4, 0.5) is 17.6 Å². The monoisotopic (exact) mass is 382 g/mol. The Hall–Kier alpha value is -0.270. The van der Waals surface area contributed by atoms with Crippen LogP contribution >= 0.6 is 36.4 Å². The third-order valence-electron chi connectivity index (χ3n) is 3.37. The topological polar surface area (TPSA) is 15.3 Å². The van der Waals surface area contributed by atoms with Gasteiger partial charge in [-0.15, -0.1) is 24.8 Å². The molecule has 0 amide bonds. The first-order valence-corrected chi connectivity index (χ1v) is 6.68. The predicted octanol–water partition coefficient (Wildman–Crippen LogP) is 4.12. The molecule has 1 N–H and O–H groups in total. The number of nitrogens with zero attached hydrogens (tertiary/aromatic N) is 1. The van der Waals surface area contributed by atoms with Gasteiger partial charge in [0.05, 0.1) is 11.6 Å². The maximum Gasteiger partial charge on any atom is 0.416 e. The fraction of sp³-hybridized carbons (Fsp3) is 0.538. The van der Waals surface area contributed by atoms with Gasteiger partial charge < -0.3 is 5.32 Å². The summed E-state index contributed by atoms with van der Waals surface area (Å²) in [5, 5.41) is 3.10. The largest absolute Gasteiger partial charge is 0.416 e. The van der Waals surface area contributed by atoms with Gasteiger partial charge in [0.15, 0.2) is 0 Å². The lowest BCUT2D eigenvalue weighted by atomic mass is 10.0. The van der Waals surface area contributed by atoms with Crippen LogP contribution in [-0.4, -0.2) is 37.8 Å². The highest BCUT2D eigenvalue weighted by Crippen LogP contribution is 2.34. The fourth-order valence-electron chi connectivity index (χ4n) is 2.36. The number of alkyl halides is 4. The molecule has 0 saturated carbocycles. The zero-order chi connectivity index (χ0) is 14.8. The van der Waals surface area contributed by atoms with Crippen molar-refractivity contribution in [2.24, 2.45) is 0 Å². The normalized spacial score (nSPS) is 17.3. The second-order valence-electron chi connectivity index (χ2n) is 4.73. The molecule has 1 heterocycles. The molecule has 1 fully saturated rings. The molecule has 1 aromatic carbocycles. The molecule has 1 aromatic rings. The van der Waals surface area contributed by atoms with Crippen LogP contribution in [0.1, 0.15) is 17.2 Å². The fourth-order valence-corrected chi connectivity index (χ4v) is 2.60. The lowest BCUT2D eigenvalue weighted by Crippen LogP contribution is -2.45. The van der Waals surface area contributed by atoms with Gasteiger partial charge in [0.2, 0.25) is 0 Å². The molecule has 0 aliphatic carbocycles. The van der Waals surface area contributed by atoms with E-state index in [9.17, 15) is 17.6 Å². The van der Waals surface area contributed by atoms with Gasteiger partial charge in [0.1, 0.15) is 6.67 Å². The van der Waals surface area contributed by atoms with E-state index in [1.54, 1.807) is 0 Å². The molecule has 0 spiro atoms. The first kappa shape index (κ1) is 21.7. The molecule has 0 unspecified atom stereocenters. The van der Waals surface area contributed by atoms with Crippen molar-refractivity contribution in [1.82, 2.24) is 10.2 Å². The van der Waals surface area contributed by atoms with E-state index >= 15 is 0 Å². The van der Waals surface area contributed by atoms with Crippen LogP contribution in [0.3, 0.4) is 0 Å². The van der Waals surface area contributed by atoms with Crippen LogP contribution in [0.15, 0.2) is 18.2 Å². The highest BCUT2D eigenvalue weighted by Gasteiger charge is 2.32. The minimum Gasteiger partial charge on any atom is -0.314 e. The molecule has 0 bridgehead atoms. The summed E-state index contributed by atoms with van der Waals surface area (Å²) in [6, 6.07) is 2.57. The van der Waals surface area contributed by atoms with Crippen LogP contribution in [-0.2, 0) is 6.18 Å². The van der Waals surface area contributed by atoms with E-state index < -0.39 is 24.5 Å². The van der Waals surface area contributed by atoms with Crippen molar-refractivity contribution in [1.29, 1.82) is 0 Å².